The zero-order chi connectivity index (χ0) is 13.1. The van der Waals surface area contributed by atoms with Gasteiger partial charge in [0.05, 0.1) is 13.1 Å². The minimum atomic E-state index is -0.365. The molecule has 0 bridgehead atoms. The van der Waals surface area contributed by atoms with Crippen molar-refractivity contribution >= 4 is 23.2 Å². The van der Waals surface area contributed by atoms with E-state index in [2.05, 4.69) is 5.32 Å². The Labute approximate surface area is 111 Å². The highest BCUT2D eigenvalue weighted by Crippen LogP contribution is 2.18. The Kier molecular flexibility index (Phi) is 4.01. The Morgan fingerprint density at radius 3 is 2.94 bits per heavy atom. The van der Waals surface area contributed by atoms with Crippen molar-refractivity contribution in [3.8, 4) is 0 Å². The second kappa shape index (κ2) is 5.52. The lowest BCUT2D eigenvalue weighted by Crippen LogP contribution is -2.59. The van der Waals surface area contributed by atoms with Crippen LogP contribution in [0.15, 0.2) is 17.5 Å². The van der Waals surface area contributed by atoms with E-state index >= 15 is 0 Å². The summed E-state index contributed by atoms with van der Waals surface area (Å²) in [5, 5.41) is 4.78. The predicted molar refractivity (Wildman–Crippen MR) is 71.1 cm³/mol. The third kappa shape index (κ3) is 2.72. The standard InChI is InChI=1S/C13H18N2O2S/c1-3-9(2)12-13(17)15(8-11(16)14-12)7-10-5-4-6-18-10/h4-6,9,12H,3,7-8H2,1-2H3,(H,14,16). The van der Waals surface area contributed by atoms with Crippen LogP contribution in [0.2, 0.25) is 0 Å². The van der Waals surface area contributed by atoms with Crippen LogP contribution in [-0.2, 0) is 16.1 Å². The van der Waals surface area contributed by atoms with Gasteiger partial charge in [0, 0.05) is 4.88 Å². The van der Waals surface area contributed by atoms with Crippen molar-refractivity contribution in [2.75, 3.05) is 6.54 Å². The normalized spacial score (nSPS) is 21.9. The topological polar surface area (TPSA) is 49.4 Å². The van der Waals surface area contributed by atoms with Crippen molar-refractivity contribution in [2.24, 2.45) is 5.92 Å². The number of nitrogens with zero attached hydrogens (tertiary/aromatic N) is 1. The molecule has 5 heteroatoms. The Balaban J connectivity index is 2.10. The fraction of sp³-hybridized carbons (Fsp3) is 0.538. The van der Waals surface area contributed by atoms with E-state index in [0.717, 1.165) is 11.3 Å². The number of carbonyl (C=O) groups is 2. The van der Waals surface area contributed by atoms with Crippen LogP contribution >= 0.6 is 11.3 Å². The van der Waals surface area contributed by atoms with Gasteiger partial charge in [0.15, 0.2) is 0 Å². The summed E-state index contributed by atoms with van der Waals surface area (Å²) in [6, 6.07) is 3.58. The van der Waals surface area contributed by atoms with Gasteiger partial charge >= 0.3 is 0 Å². The Bertz CT molecular complexity index is 430. The molecular weight excluding hydrogens is 248 g/mol. The number of thiophene rings is 1. The van der Waals surface area contributed by atoms with Crippen LogP contribution in [0.3, 0.4) is 0 Å². The molecule has 1 aliphatic heterocycles. The molecule has 18 heavy (non-hydrogen) atoms. The molecule has 0 saturated carbocycles. The highest BCUT2D eigenvalue weighted by molar-refractivity contribution is 7.09. The molecule has 2 rings (SSSR count). The molecule has 0 aliphatic carbocycles. The maximum Gasteiger partial charge on any atom is 0.246 e. The van der Waals surface area contributed by atoms with E-state index in [9.17, 15) is 9.59 Å². The first-order chi connectivity index (χ1) is 8.61. The molecule has 0 spiro atoms. The quantitative estimate of drug-likeness (QED) is 0.900. The third-order valence-electron chi connectivity index (χ3n) is 3.37. The van der Waals surface area contributed by atoms with Gasteiger partial charge in [-0.05, 0) is 17.4 Å². The maximum absolute atomic E-state index is 12.3. The molecule has 2 amide bonds. The number of piperazine rings is 1. The summed E-state index contributed by atoms with van der Waals surface area (Å²) < 4.78 is 0. The van der Waals surface area contributed by atoms with Crippen LogP contribution in [0.1, 0.15) is 25.1 Å². The molecule has 1 saturated heterocycles. The van der Waals surface area contributed by atoms with E-state index in [0.29, 0.717) is 6.54 Å². The van der Waals surface area contributed by atoms with Crippen LogP contribution in [0.4, 0.5) is 0 Å². The number of amides is 2. The van der Waals surface area contributed by atoms with Gasteiger partial charge in [0.1, 0.15) is 6.04 Å². The lowest BCUT2D eigenvalue weighted by atomic mass is 9.96. The molecule has 1 N–H and O–H groups in total. The van der Waals surface area contributed by atoms with Gasteiger partial charge in [0.2, 0.25) is 11.8 Å². The summed E-state index contributed by atoms with van der Waals surface area (Å²) in [5.74, 6) is 0.154. The highest BCUT2D eigenvalue weighted by atomic mass is 32.1. The van der Waals surface area contributed by atoms with Crippen molar-refractivity contribution in [2.45, 2.75) is 32.9 Å². The number of nitrogens with one attached hydrogen (secondary N) is 1. The molecule has 4 nitrogen and oxygen atoms in total. The van der Waals surface area contributed by atoms with Crippen molar-refractivity contribution in [1.82, 2.24) is 10.2 Å². The second-order valence-electron chi connectivity index (χ2n) is 4.70. The third-order valence-corrected chi connectivity index (χ3v) is 4.23. The molecule has 0 aromatic carbocycles. The van der Waals surface area contributed by atoms with Crippen molar-refractivity contribution in [3.63, 3.8) is 0 Å². The molecule has 98 valence electrons. The first-order valence-corrected chi connectivity index (χ1v) is 7.10. The molecule has 2 atom stereocenters. The molecule has 1 aliphatic rings. The van der Waals surface area contributed by atoms with Gasteiger partial charge in [-0.1, -0.05) is 26.3 Å². The number of rotatable bonds is 4. The van der Waals surface area contributed by atoms with Crippen LogP contribution < -0.4 is 5.32 Å². The fourth-order valence-electron chi connectivity index (χ4n) is 2.07. The lowest BCUT2D eigenvalue weighted by Gasteiger charge is -2.34. The summed E-state index contributed by atoms with van der Waals surface area (Å²) >= 11 is 1.61. The number of carbonyl (C=O) groups excluding carboxylic acids is 2. The Hall–Kier alpha value is -1.36. The smallest absolute Gasteiger partial charge is 0.246 e. The first-order valence-electron chi connectivity index (χ1n) is 6.22. The Morgan fingerprint density at radius 2 is 2.33 bits per heavy atom. The number of hydrogen-bond acceptors (Lipinski definition) is 3. The van der Waals surface area contributed by atoms with Gasteiger partial charge in [-0.2, -0.15) is 0 Å². The molecular formula is C13H18N2O2S. The van der Waals surface area contributed by atoms with Crippen LogP contribution in [0, 0.1) is 5.92 Å². The van der Waals surface area contributed by atoms with Gasteiger partial charge in [-0.15, -0.1) is 11.3 Å². The van der Waals surface area contributed by atoms with Crippen molar-refractivity contribution < 1.29 is 9.59 Å². The average Bonchev–Trinajstić information content (AvgIpc) is 2.85. The summed E-state index contributed by atoms with van der Waals surface area (Å²) in [6.07, 6.45) is 0.879. The molecule has 1 aromatic heterocycles. The SMILES string of the molecule is CCC(C)C1NC(=O)CN(Cc2cccs2)C1=O. The van der Waals surface area contributed by atoms with Gasteiger partial charge in [-0.3, -0.25) is 9.59 Å². The van der Waals surface area contributed by atoms with E-state index < -0.39 is 0 Å². The minimum absolute atomic E-state index is 0.0392. The zero-order valence-electron chi connectivity index (χ0n) is 10.7. The van der Waals surface area contributed by atoms with Gasteiger partial charge < -0.3 is 10.2 Å². The second-order valence-corrected chi connectivity index (χ2v) is 5.74. The minimum Gasteiger partial charge on any atom is -0.342 e. The van der Waals surface area contributed by atoms with E-state index in [-0.39, 0.29) is 30.3 Å². The highest BCUT2D eigenvalue weighted by Gasteiger charge is 2.35. The first kappa shape index (κ1) is 13.1. The maximum atomic E-state index is 12.3. The lowest BCUT2D eigenvalue weighted by molar-refractivity contribution is -0.146. The monoisotopic (exact) mass is 266 g/mol. The number of hydrogen-bond donors (Lipinski definition) is 1. The molecule has 0 radical (unpaired) electrons. The van der Waals surface area contributed by atoms with E-state index in [4.69, 9.17) is 0 Å². The molecule has 2 heterocycles. The van der Waals surface area contributed by atoms with E-state index in [1.807, 2.05) is 31.4 Å². The summed E-state index contributed by atoms with van der Waals surface area (Å²) in [4.78, 5) is 26.8. The Morgan fingerprint density at radius 1 is 1.56 bits per heavy atom. The van der Waals surface area contributed by atoms with Gasteiger partial charge in [-0.25, -0.2) is 0 Å². The average molecular weight is 266 g/mol. The molecule has 2 unspecified atom stereocenters. The van der Waals surface area contributed by atoms with Crippen molar-refractivity contribution in [3.05, 3.63) is 22.4 Å². The van der Waals surface area contributed by atoms with Crippen LogP contribution in [-0.4, -0.2) is 29.3 Å². The molecule has 1 fully saturated rings. The summed E-state index contributed by atoms with van der Waals surface area (Å²) in [7, 11) is 0. The fourth-order valence-corrected chi connectivity index (χ4v) is 2.79. The van der Waals surface area contributed by atoms with Crippen LogP contribution in [0.5, 0.6) is 0 Å². The van der Waals surface area contributed by atoms with Crippen molar-refractivity contribution in [1.29, 1.82) is 0 Å². The van der Waals surface area contributed by atoms with E-state index in [1.165, 1.54) is 0 Å². The molecule has 1 aromatic rings. The summed E-state index contributed by atoms with van der Waals surface area (Å²) in [6.45, 7) is 4.74. The predicted octanol–water partition coefficient (Wildman–Crippen LogP) is 1.62. The van der Waals surface area contributed by atoms with Gasteiger partial charge in [0.25, 0.3) is 0 Å². The van der Waals surface area contributed by atoms with Crippen LogP contribution in [0.25, 0.3) is 0 Å². The zero-order valence-corrected chi connectivity index (χ0v) is 11.5. The van der Waals surface area contributed by atoms with E-state index in [1.54, 1.807) is 16.2 Å². The summed E-state index contributed by atoms with van der Waals surface area (Å²) in [5.41, 5.74) is 0. The largest absolute Gasteiger partial charge is 0.342 e.